The Morgan fingerprint density at radius 3 is 2.21 bits per heavy atom. The van der Waals surface area contributed by atoms with Crippen LogP contribution in [0, 0.1) is 11.8 Å². The van der Waals surface area contributed by atoms with E-state index >= 15 is 0 Å². The summed E-state index contributed by atoms with van der Waals surface area (Å²) in [7, 11) is -1.83. The van der Waals surface area contributed by atoms with Crippen LogP contribution in [0.2, 0.25) is 0 Å². The highest BCUT2D eigenvalue weighted by Gasteiger charge is 2.34. The number of nitrogens with one attached hydrogen (secondary N) is 1. The summed E-state index contributed by atoms with van der Waals surface area (Å²) in [5.41, 5.74) is 1.98. The van der Waals surface area contributed by atoms with Gasteiger partial charge in [0, 0.05) is 12.1 Å². The van der Waals surface area contributed by atoms with Gasteiger partial charge >= 0.3 is 7.60 Å². The maximum Gasteiger partial charge on any atom is 0.364 e. The van der Waals surface area contributed by atoms with E-state index < -0.39 is 13.4 Å². The molecule has 0 aliphatic rings. The minimum atomic E-state index is -3.44. The Morgan fingerprint density at radius 2 is 1.64 bits per heavy atom. The van der Waals surface area contributed by atoms with Gasteiger partial charge in [-0.15, -0.1) is 5.92 Å². The molecule has 0 amide bonds. The zero-order valence-electron chi connectivity index (χ0n) is 16.7. The van der Waals surface area contributed by atoms with Crippen LogP contribution in [0.3, 0.4) is 0 Å². The molecule has 5 nitrogen and oxygen atoms in total. The molecule has 1 atom stereocenters. The number of rotatable bonds is 10. The highest BCUT2D eigenvalue weighted by atomic mass is 31.2. The Morgan fingerprint density at radius 1 is 1.00 bits per heavy atom. The third-order valence-corrected chi connectivity index (χ3v) is 6.07. The first-order chi connectivity index (χ1) is 13.6. The lowest BCUT2D eigenvalue weighted by atomic mass is 10.1. The predicted octanol–water partition coefficient (Wildman–Crippen LogP) is 5.34. The molecule has 28 heavy (non-hydrogen) atoms. The SMILES string of the molecule is CCOP(=O)(OCC)C(C#CCCc1ccccc1)Nc1ccc(OC)cc1. The molecule has 0 saturated carbocycles. The summed E-state index contributed by atoms with van der Waals surface area (Å²) in [5.74, 6) is 6.19. The Kier molecular flexibility index (Phi) is 9.10. The molecule has 0 aliphatic carbocycles. The van der Waals surface area contributed by atoms with Crippen LogP contribution in [0.5, 0.6) is 5.75 Å². The van der Waals surface area contributed by atoms with E-state index in [9.17, 15) is 4.57 Å². The molecule has 0 fully saturated rings. The molecule has 0 heterocycles. The molecule has 0 saturated heterocycles. The average Bonchev–Trinajstić information content (AvgIpc) is 2.72. The van der Waals surface area contributed by atoms with Crippen LogP contribution in [0.25, 0.3) is 0 Å². The van der Waals surface area contributed by atoms with Gasteiger partial charge < -0.3 is 19.1 Å². The predicted molar refractivity (Wildman–Crippen MR) is 114 cm³/mol. The summed E-state index contributed by atoms with van der Waals surface area (Å²) >= 11 is 0. The fraction of sp³-hybridized carbons (Fsp3) is 0.364. The third-order valence-electron chi connectivity index (χ3n) is 3.95. The molecule has 0 aromatic heterocycles. The largest absolute Gasteiger partial charge is 0.497 e. The number of benzene rings is 2. The molecule has 0 spiro atoms. The van der Waals surface area contributed by atoms with Gasteiger partial charge in [-0.3, -0.25) is 4.57 Å². The van der Waals surface area contributed by atoms with Crippen molar-refractivity contribution in [1.82, 2.24) is 0 Å². The van der Waals surface area contributed by atoms with Gasteiger partial charge in [0.15, 0.2) is 5.78 Å². The molecule has 2 rings (SSSR count). The molecule has 0 bridgehead atoms. The minimum Gasteiger partial charge on any atom is -0.497 e. The molecule has 6 heteroatoms. The maximum absolute atomic E-state index is 13.3. The zero-order chi connectivity index (χ0) is 20.2. The second-order valence-corrected chi connectivity index (χ2v) is 8.07. The molecule has 2 aromatic rings. The summed E-state index contributed by atoms with van der Waals surface area (Å²) in [4.78, 5) is 0. The summed E-state index contributed by atoms with van der Waals surface area (Å²) in [6.07, 6.45) is 1.49. The highest BCUT2D eigenvalue weighted by molar-refractivity contribution is 7.55. The molecule has 0 radical (unpaired) electrons. The van der Waals surface area contributed by atoms with Crippen LogP contribution in [-0.4, -0.2) is 26.1 Å². The summed E-state index contributed by atoms with van der Waals surface area (Å²) < 4.78 is 29.5. The van der Waals surface area contributed by atoms with Crippen LogP contribution in [0.1, 0.15) is 25.8 Å². The molecular formula is C22H28NO4P. The van der Waals surface area contributed by atoms with E-state index in [2.05, 4.69) is 29.3 Å². The minimum absolute atomic E-state index is 0.282. The first kappa shape index (κ1) is 22.0. The van der Waals surface area contributed by atoms with Crippen molar-refractivity contribution >= 4 is 13.3 Å². The highest BCUT2D eigenvalue weighted by Crippen LogP contribution is 2.52. The van der Waals surface area contributed by atoms with Crippen LogP contribution >= 0.6 is 7.60 Å². The van der Waals surface area contributed by atoms with Crippen LogP contribution in [-0.2, 0) is 20.0 Å². The van der Waals surface area contributed by atoms with Gasteiger partial charge in [0.2, 0.25) is 0 Å². The van der Waals surface area contributed by atoms with Crippen molar-refractivity contribution < 1.29 is 18.3 Å². The van der Waals surface area contributed by atoms with Gasteiger partial charge in [-0.2, -0.15) is 0 Å². The summed E-state index contributed by atoms with van der Waals surface area (Å²) in [5, 5.41) is 3.20. The Hall–Kier alpha value is -2.25. The van der Waals surface area contributed by atoms with E-state index in [1.54, 1.807) is 21.0 Å². The van der Waals surface area contributed by atoms with Gasteiger partial charge in [0.05, 0.1) is 20.3 Å². The Bertz CT molecular complexity index is 802. The van der Waals surface area contributed by atoms with Gasteiger partial charge in [0.25, 0.3) is 0 Å². The fourth-order valence-corrected chi connectivity index (χ4v) is 4.25. The topological polar surface area (TPSA) is 56.8 Å². The smallest absolute Gasteiger partial charge is 0.364 e. The number of hydrogen-bond donors (Lipinski definition) is 1. The number of ether oxygens (including phenoxy) is 1. The first-order valence-corrected chi connectivity index (χ1v) is 11.0. The summed E-state index contributed by atoms with van der Waals surface area (Å²) in [6, 6.07) is 17.5. The second kappa shape index (κ2) is 11.6. The normalized spacial score (nSPS) is 12.0. The van der Waals surface area contributed by atoms with Crippen molar-refractivity contribution in [3.8, 4) is 17.6 Å². The maximum atomic E-state index is 13.3. The van der Waals surface area contributed by atoms with Gasteiger partial charge in [-0.05, 0) is 50.1 Å². The van der Waals surface area contributed by atoms with E-state index in [0.717, 1.165) is 17.9 Å². The van der Waals surface area contributed by atoms with Gasteiger partial charge in [-0.1, -0.05) is 36.3 Å². The van der Waals surface area contributed by atoms with Crippen LogP contribution in [0.4, 0.5) is 5.69 Å². The molecule has 150 valence electrons. The molecule has 1 N–H and O–H groups in total. The van der Waals surface area contributed by atoms with Crippen LogP contribution < -0.4 is 10.1 Å². The monoisotopic (exact) mass is 401 g/mol. The standard InChI is InChI=1S/C22H28NO4P/c1-4-26-28(24,27-5-2)22(23-20-15-17-21(25-3)18-16-20)14-10-9-13-19-11-7-6-8-12-19/h6-8,11-12,15-18,22-23H,4-5,9,13H2,1-3H3. The van der Waals surface area contributed by atoms with Crippen molar-refractivity contribution in [2.75, 3.05) is 25.6 Å². The van der Waals surface area contributed by atoms with Crippen molar-refractivity contribution in [1.29, 1.82) is 0 Å². The van der Waals surface area contributed by atoms with Crippen molar-refractivity contribution in [2.45, 2.75) is 32.5 Å². The van der Waals surface area contributed by atoms with Gasteiger partial charge in [-0.25, -0.2) is 0 Å². The lowest BCUT2D eigenvalue weighted by molar-refractivity contribution is 0.218. The fourth-order valence-electron chi connectivity index (χ4n) is 2.61. The Labute approximate surface area is 167 Å². The van der Waals surface area contributed by atoms with Crippen molar-refractivity contribution in [2.24, 2.45) is 0 Å². The number of hydrogen-bond acceptors (Lipinski definition) is 5. The molecule has 0 aliphatic heterocycles. The van der Waals surface area contributed by atoms with E-state index in [1.165, 1.54) is 5.56 Å². The average molecular weight is 401 g/mol. The van der Waals surface area contributed by atoms with Crippen molar-refractivity contribution in [3.05, 3.63) is 60.2 Å². The Balaban J connectivity index is 2.17. The molecule has 2 aromatic carbocycles. The molecule has 1 unspecified atom stereocenters. The zero-order valence-corrected chi connectivity index (χ0v) is 17.6. The van der Waals surface area contributed by atoms with Crippen molar-refractivity contribution in [3.63, 3.8) is 0 Å². The number of anilines is 1. The number of methoxy groups -OCH3 is 1. The van der Waals surface area contributed by atoms with Crippen LogP contribution in [0.15, 0.2) is 54.6 Å². The third kappa shape index (κ3) is 6.73. The number of aryl methyl sites for hydroxylation is 1. The lowest BCUT2D eigenvalue weighted by Gasteiger charge is -2.24. The second-order valence-electron chi connectivity index (χ2n) is 5.96. The van der Waals surface area contributed by atoms with Gasteiger partial charge in [0.1, 0.15) is 5.75 Å². The van der Waals surface area contributed by atoms with E-state index in [-0.39, 0.29) is 13.2 Å². The van der Waals surface area contributed by atoms with E-state index in [4.69, 9.17) is 13.8 Å². The first-order valence-electron chi connectivity index (χ1n) is 9.43. The quantitative estimate of drug-likeness (QED) is 0.430. The summed E-state index contributed by atoms with van der Waals surface area (Å²) in [6.45, 7) is 4.14. The van der Waals surface area contributed by atoms with E-state index in [0.29, 0.717) is 6.42 Å². The lowest BCUT2D eigenvalue weighted by Crippen LogP contribution is -2.21. The van der Waals surface area contributed by atoms with E-state index in [1.807, 2.05) is 42.5 Å². The molecular weight excluding hydrogens is 373 g/mol.